The molecule has 0 spiro atoms. The molecule has 6 nitrogen and oxygen atoms in total. The molecule has 7 heteroatoms. The van der Waals surface area contributed by atoms with Crippen molar-refractivity contribution >= 4 is 18.1 Å². The van der Waals surface area contributed by atoms with E-state index in [1.807, 2.05) is 6.07 Å². The van der Waals surface area contributed by atoms with Crippen molar-refractivity contribution in [3.05, 3.63) is 17.5 Å². The fraction of sp³-hybridized carbons (Fsp3) is 0.583. The number of hydrogen-bond acceptors (Lipinski definition) is 6. The standard InChI is InChI=1S/C12H14N4O2.ClH/c13-6-10-5-11(18-14-10)8-17-15-12-7-16-3-1-9(12)2-4-16;/h5,9H,1-4,7-8H2;1H/b15-12+;. The van der Waals surface area contributed by atoms with Crippen LogP contribution in [0.1, 0.15) is 24.3 Å². The van der Waals surface area contributed by atoms with Crippen molar-refractivity contribution in [2.75, 3.05) is 19.6 Å². The maximum Gasteiger partial charge on any atom is 0.183 e. The van der Waals surface area contributed by atoms with Gasteiger partial charge in [0.1, 0.15) is 6.07 Å². The molecule has 0 aromatic carbocycles. The molecule has 4 heterocycles. The topological polar surface area (TPSA) is 74.7 Å². The molecule has 102 valence electrons. The van der Waals surface area contributed by atoms with Gasteiger partial charge in [0.15, 0.2) is 18.1 Å². The summed E-state index contributed by atoms with van der Waals surface area (Å²) in [6.45, 7) is 3.50. The molecule has 0 N–H and O–H groups in total. The highest BCUT2D eigenvalue weighted by molar-refractivity contribution is 5.89. The fourth-order valence-corrected chi connectivity index (χ4v) is 2.50. The molecule has 0 saturated carbocycles. The van der Waals surface area contributed by atoms with Crippen LogP contribution in [-0.4, -0.2) is 35.4 Å². The van der Waals surface area contributed by atoms with Crippen LogP contribution in [0.25, 0.3) is 0 Å². The highest BCUT2D eigenvalue weighted by atomic mass is 35.5. The Morgan fingerprint density at radius 1 is 1.53 bits per heavy atom. The highest BCUT2D eigenvalue weighted by Gasteiger charge is 2.31. The van der Waals surface area contributed by atoms with E-state index < -0.39 is 0 Å². The van der Waals surface area contributed by atoms with Gasteiger partial charge >= 0.3 is 0 Å². The first kappa shape index (κ1) is 13.8. The minimum atomic E-state index is 0. The number of rotatable bonds is 3. The first-order chi connectivity index (χ1) is 8.85. The molecule has 19 heavy (non-hydrogen) atoms. The lowest BCUT2D eigenvalue weighted by molar-refractivity contribution is 0.100. The van der Waals surface area contributed by atoms with Crippen molar-refractivity contribution < 1.29 is 9.36 Å². The largest absolute Gasteiger partial charge is 0.387 e. The van der Waals surface area contributed by atoms with Crippen LogP contribution in [0.15, 0.2) is 15.7 Å². The Labute approximate surface area is 117 Å². The van der Waals surface area contributed by atoms with Crippen molar-refractivity contribution in [2.24, 2.45) is 11.1 Å². The van der Waals surface area contributed by atoms with Gasteiger partial charge in [-0.3, -0.25) is 4.90 Å². The van der Waals surface area contributed by atoms with E-state index >= 15 is 0 Å². The smallest absolute Gasteiger partial charge is 0.183 e. The van der Waals surface area contributed by atoms with Gasteiger partial charge in [0.25, 0.3) is 0 Å². The van der Waals surface area contributed by atoms with Crippen LogP contribution >= 0.6 is 12.4 Å². The van der Waals surface area contributed by atoms with E-state index in [1.54, 1.807) is 6.07 Å². The van der Waals surface area contributed by atoms with Crippen molar-refractivity contribution in [1.29, 1.82) is 5.26 Å². The lowest BCUT2D eigenvalue weighted by Gasteiger charge is -2.39. The third kappa shape index (κ3) is 3.06. The molecular weight excluding hydrogens is 268 g/mol. The number of nitrogens with zero attached hydrogens (tertiary/aromatic N) is 4. The Morgan fingerprint density at radius 2 is 2.32 bits per heavy atom. The number of hydrogen-bond donors (Lipinski definition) is 0. The molecule has 4 rings (SSSR count). The number of piperidine rings is 3. The summed E-state index contributed by atoms with van der Waals surface area (Å²) in [7, 11) is 0. The lowest BCUT2D eigenvalue weighted by Crippen LogP contribution is -2.47. The fourth-order valence-electron chi connectivity index (χ4n) is 2.50. The number of halogens is 1. The molecule has 0 radical (unpaired) electrons. The van der Waals surface area contributed by atoms with Crippen molar-refractivity contribution in [2.45, 2.75) is 19.4 Å². The summed E-state index contributed by atoms with van der Waals surface area (Å²) < 4.78 is 4.93. The van der Waals surface area contributed by atoms with E-state index in [0.717, 1.165) is 12.3 Å². The van der Waals surface area contributed by atoms with E-state index in [-0.39, 0.29) is 24.7 Å². The van der Waals surface area contributed by atoms with Gasteiger partial charge < -0.3 is 9.36 Å². The number of oxime groups is 1. The minimum absolute atomic E-state index is 0. The van der Waals surface area contributed by atoms with E-state index in [0.29, 0.717) is 11.7 Å². The van der Waals surface area contributed by atoms with E-state index in [1.165, 1.54) is 25.9 Å². The zero-order valence-electron chi connectivity index (χ0n) is 10.4. The van der Waals surface area contributed by atoms with Crippen LogP contribution in [0.2, 0.25) is 0 Å². The Kier molecular flexibility index (Phi) is 4.40. The Balaban J connectivity index is 0.00000133. The monoisotopic (exact) mass is 282 g/mol. The first-order valence-electron chi connectivity index (χ1n) is 6.12. The summed E-state index contributed by atoms with van der Waals surface area (Å²) in [5, 5.41) is 16.4. The predicted molar refractivity (Wildman–Crippen MR) is 69.9 cm³/mol. The number of nitriles is 1. The zero-order valence-corrected chi connectivity index (χ0v) is 11.2. The lowest BCUT2D eigenvalue weighted by atomic mass is 9.87. The molecule has 1 aromatic rings. The first-order valence-corrected chi connectivity index (χ1v) is 6.12. The van der Waals surface area contributed by atoms with Gasteiger partial charge in [0, 0.05) is 18.5 Å². The second-order valence-corrected chi connectivity index (χ2v) is 4.70. The summed E-state index contributed by atoms with van der Waals surface area (Å²) in [6.07, 6.45) is 2.37. The second-order valence-electron chi connectivity index (χ2n) is 4.70. The molecule has 0 atom stereocenters. The molecule has 0 aliphatic carbocycles. The summed E-state index contributed by atoms with van der Waals surface area (Å²) >= 11 is 0. The van der Waals surface area contributed by atoms with E-state index in [2.05, 4.69) is 15.2 Å². The molecule has 3 fully saturated rings. The van der Waals surface area contributed by atoms with Crippen LogP contribution in [0, 0.1) is 17.2 Å². The summed E-state index contributed by atoms with van der Waals surface area (Å²) in [4.78, 5) is 7.68. The van der Waals surface area contributed by atoms with Crippen LogP contribution in [-0.2, 0) is 11.4 Å². The van der Waals surface area contributed by atoms with Crippen molar-refractivity contribution in [3.63, 3.8) is 0 Å². The molecule has 2 bridgehead atoms. The third-order valence-corrected chi connectivity index (χ3v) is 3.51. The third-order valence-electron chi connectivity index (χ3n) is 3.51. The van der Waals surface area contributed by atoms with Gasteiger partial charge in [-0.25, -0.2) is 0 Å². The maximum atomic E-state index is 8.61. The van der Waals surface area contributed by atoms with Gasteiger partial charge in [0.05, 0.1) is 5.71 Å². The van der Waals surface area contributed by atoms with Gasteiger partial charge in [-0.1, -0.05) is 10.3 Å². The summed E-state index contributed by atoms with van der Waals surface area (Å²) in [5.41, 5.74) is 1.40. The molecule has 0 unspecified atom stereocenters. The number of aromatic nitrogens is 1. The van der Waals surface area contributed by atoms with E-state index in [9.17, 15) is 0 Å². The van der Waals surface area contributed by atoms with Crippen LogP contribution in [0.3, 0.4) is 0 Å². The average molecular weight is 283 g/mol. The Morgan fingerprint density at radius 3 is 2.89 bits per heavy atom. The van der Waals surface area contributed by atoms with Crippen LogP contribution < -0.4 is 0 Å². The molecule has 3 aliphatic heterocycles. The minimum Gasteiger partial charge on any atom is -0.387 e. The molecule has 0 amide bonds. The number of fused-ring (bicyclic) bond motifs is 3. The highest BCUT2D eigenvalue weighted by Crippen LogP contribution is 2.25. The SMILES string of the molecule is Cl.N#Cc1cc(CO/N=C2\CN3CCC2CC3)on1. The van der Waals surface area contributed by atoms with Crippen LogP contribution in [0.5, 0.6) is 0 Å². The van der Waals surface area contributed by atoms with Gasteiger partial charge in [-0.05, 0) is 25.9 Å². The molecule has 3 aliphatic rings. The molecular formula is C12H15ClN4O2. The van der Waals surface area contributed by atoms with Crippen molar-refractivity contribution in [1.82, 2.24) is 10.1 Å². The van der Waals surface area contributed by atoms with Crippen LogP contribution in [0.4, 0.5) is 0 Å². The maximum absolute atomic E-state index is 8.61. The summed E-state index contributed by atoms with van der Waals surface area (Å²) in [6, 6.07) is 3.47. The average Bonchev–Trinajstić information content (AvgIpc) is 2.88. The second kappa shape index (κ2) is 6.04. The Hall–Kier alpha value is -1.58. The molecule has 3 saturated heterocycles. The normalized spacial score (nSPS) is 26.8. The zero-order chi connectivity index (χ0) is 12.4. The molecule has 1 aromatic heterocycles. The predicted octanol–water partition coefficient (Wildman–Crippen LogP) is 1.57. The summed E-state index contributed by atoms with van der Waals surface area (Å²) in [5.74, 6) is 1.11. The van der Waals surface area contributed by atoms with E-state index in [4.69, 9.17) is 14.6 Å². The van der Waals surface area contributed by atoms with Gasteiger partial charge in [-0.15, -0.1) is 12.4 Å². The van der Waals surface area contributed by atoms with Gasteiger partial charge in [0.2, 0.25) is 0 Å². The van der Waals surface area contributed by atoms with Crippen molar-refractivity contribution in [3.8, 4) is 6.07 Å². The van der Waals surface area contributed by atoms with Gasteiger partial charge in [-0.2, -0.15) is 5.26 Å². The Bertz CT molecular complexity index is 500. The quantitative estimate of drug-likeness (QED) is 0.787.